The van der Waals surface area contributed by atoms with Gasteiger partial charge in [-0.1, -0.05) is 48.9 Å². The fourth-order valence-electron chi connectivity index (χ4n) is 2.26. The molecule has 1 aromatic carbocycles. The van der Waals surface area contributed by atoms with Gasteiger partial charge in [0, 0.05) is 5.57 Å². The van der Waals surface area contributed by atoms with Crippen LogP contribution < -0.4 is 0 Å². The molecule has 0 fully saturated rings. The highest BCUT2D eigenvalue weighted by molar-refractivity contribution is 7.91. The average molecular weight is 370 g/mol. The van der Waals surface area contributed by atoms with E-state index in [-0.39, 0.29) is 11.7 Å². The largest absolute Gasteiger partial charge is 0.224 e. The molecule has 0 spiro atoms. The molecule has 0 N–H and O–H groups in total. The molecule has 0 aliphatic rings. The van der Waals surface area contributed by atoms with Crippen molar-refractivity contribution in [3.63, 3.8) is 0 Å². The van der Waals surface area contributed by atoms with Crippen molar-refractivity contribution < 1.29 is 8.42 Å². The number of hydrogen-bond acceptors (Lipinski definition) is 3. The zero-order chi connectivity index (χ0) is 19.7. The van der Waals surface area contributed by atoms with Gasteiger partial charge >= 0.3 is 0 Å². The van der Waals surface area contributed by atoms with Gasteiger partial charge in [-0.2, -0.15) is 5.26 Å². The second kappa shape index (κ2) is 9.94. The quantitative estimate of drug-likeness (QED) is 0.477. The molecule has 0 amide bonds. The summed E-state index contributed by atoms with van der Waals surface area (Å²) in [5.74, 6) is -0.00294. The molecule has 0 heterocycles. The highest BCUT2D eigenvalue weighted by atomic mass is 32.2. The first-order valence-corrected chi connectivity index (χ1v) is 10.2. The van der Waals surface area contributed by atoms with Crippen LogP contribution in [0.25, 0.3) is 0 Å². The van der Waals surface area contributed by atoms with E-state index in [4.69, 9.17) is 5.26 Å². The number of hydrogen-bond donors (Lipinski definition) is 0. The Bertz CT molecular complexity index is 880. The number of nitrogens with zero attached hydrogens (tertiary/aromatic N) is 1. The number of nitriles is 1. The van der Waals surface area contributed by atoms with Gasteiger partial charge in [-0.05, 0) is 63.0 Å². The van der Waals surface area contributed by atoms with E-state index in [2.05, 4.69) is 6.07 Å². The van der Waals surface area contributed by atoms with Gasteiger partial charge in [-0.25, -0.2) is 8.42 Å². The minimum Gasteiger partial charge on any atom is -0.224 e. The molecule has 1 aromatic rings. The molecule has 26 heavy (non-hydrogen) atoms. The third kappa shape index (κ3) is 6.50. The summed E-state index contributed by atoms with van der Waals surface area (Å²) in [7, 11) is -3.30. The van der Waals surface area contributed by atoms with E-state index in [1.807, 2.05) is 58.9 Å². The molecule has 138 valence electrons. The van der Waals surface area contributed by atoms with Crippen LogP contribution in [0.5, 0.6) is 0 Å². The summed E-state index contributed by atoms with van der Waals surface area (Å²) in [6.45, 7) is 9.64. The molecular weight excluding hydrogens is 342 g/mol. The maximum Gasteiger partial charge on any atom is 0.178 e. The number of benzene rings is 1. The molecule has 0 radical (unpaired) electrons. The Balaban J connectivity index is 2.91. The smallest absolute Gasteiger partial charge is 0.178 e. The zero-order valence-electron chi connectivity index (χ0n) is 16.2. The van der Waals surface area contributed by atoms with Gasteiger partial charge in [0.2, 0.25) is 0 Å². The predicted octanol–water partition coefficient (Wildman–Crippen LogP) is 5.41. The summed E-state index contributed by atoms with van der Waals surface area (Å²) in [4.78, 5) is 0.362. The molecule has 3 nitrogen and oxygen atoms in total. The number of allylic oxidation sites excluding steroid dienone is 8. The Morgan fingerprint density at radius 1 is 1.12 bits per heavy atom. The van der Waals surface area contributed by atoms with Crippen molar-refractivity contribution in [2.75, 3.05) is 5.75 Å². The van der Waals surface area contributed by atoms with Crippen LogP contribution in [0.2, 0.25) is 0 Å². The van der Waals surface area contributed by atoms with E-state index < -0.39 is 9.84 Å². The monoisotopic (exact) mass is 369 g/mol. The fourth-order valence-corrected chi connectivity index (χ4v) is 3.95. The molecular formula is C22H27NO2S. The number of sulfone groups is 1. The average Bonchev–Trinajstić information content (AvgIpc) is 2.63. The second-order valence-corrected chi connectivity index (χ2v) is 8.47. The lowest BCUT2D eigenvalue weighted by molar-refractivity contribution is 0.585. The molecule has 0 saturated heterocycles. The van der Waals surface area contributed by atoms with Gasteiger partial charge in [0.1, 0.15) is 0 Å². The van der Waals surface area contributed by atoms with E-state index in [1.54, 1.807) is 30.3 Å². The molecule has 1 atom stereocenters. The Hall–Kier alpha value is -2.38. The molecule has 0 bridgehead atoms. The summed E-state index contributed by atoms with van der Waals surface area (Å²) < 4.78 is 25.0. The maximum atomic E-state index is 12.5. The van der Waals surface area contributed by atoms with Gasteiger partial charge in [0.15, 0.2) is 9.84 Å². The van der Waals surface area contributed by atoms with Gasteiger partial charge < -0.3 is 0 Å². The summed E-state index contributed by atoms with van der Waals surface area (Å²) in [5.41, 5.74) is 3.67. The minimum absolute atomic E-state index is 0.0816. The maximum absolute atomic E-state index is 12.5. The van der Waals surface area contributed by atoms with Crippen LogP contribution in [0.1, 0.15) is 34.6 Å². The predicted molar refractivity (Wildman–Crippen MR) is 108 cm³/mol. The van der Waals surface area contributed by atoms with Crippen molar-refractivity contribution in [3.8, 4) is 6.07 Å². The van der Waals surface area contributed by atoms with Crippen molar-refractivity contribution in [1.82, 2.24) is 0 Å². The Kier molecular flexibility index (Phi) is 8.28. The molecule has 4 heteroatoms. The Morgan fingerprint density at radius 2 is 1.73 bits per heavy atom. The summed E-state index contributed by atoms with van der Waals surface area (Å²) >= 11 is 0. The minimum atomic E-state index is -3.30. The molecule has 0 saturated carbocycles. The molecule has 0 aliphatic heterocycles. The van der Waals surface area contributed by atoms with E-state index in [9.17, 15) is 8.42 Å². The molecule has 0 aromatic heterocycles. The Morgan fingerprint density at radius 3 is 2.27 bits per heavy atom. The number of rotatable bonds is 7. The third-order valence-electron chi connectivity index (χ3n) is 4.38. The van der Waals surface area contributed by atoms with Crippen LogP contribution in [0.4, 0.5) is 0 Å². The van der Waals surface area contributed by atoms with Gasteiger partial charge in [0.25, 0.3) is 0 Å². The fraction of sp³-hybridized carbons (Fsp3) is 0.318. The van der Waals surface area contributed by atoms with Crippen molar-refractivity contribution in [2.45, 2.75) is 39.5 Å². The van der Waals surface area contributed by atoms with Crippen molar-refractivity contribution >= 4 is 9.84 Å². The summed E-state index contributed by atoms with van der Waals surface area (Å²) in [5, 5.41) is 9.00. The highest BCUT2D eigenvalue weighted by Crippen LogP contribution is 2.19. The van der Waals surface area contributed by atoms with Crippen LogP contribution in [0.3, 0.4) is 0 Å². The van der Waals surface area contributed by atoms with Crippen LogP contribution >= 0.6 is 0 Å². The zero-order valence-corrected chi connectivity index (χ0v) is 17.0. The first-order chi connectivity index (χ1) is 12.2. The first-order valence-electron chi connectivity index (χ1n) is 8.59. The third-order valence-corrected chi connectivity index (χ3v) is 6.31. The second-order valence-electron chi connectivity index (χ2n) is 6.44. The van der Waals surface area contributed by atoms with E-state index in [1.165, 1.54) is 0 Å². The van der Waals surface area contributed by atoms with Crippen molar-refractivity contribution in [1.29, 1.82) is 5.26 Å². The van der Waals surface area contributed by atoms with Crippen LogP contribution in [0.15, 0.2) is 81.8 Å². The lowest BCUT2D eigenvalue weighted by atomic mass is 10.0. The topological polar surface area (TPSA) is 57.9 Å². The van der Waals surface area contributed by atoms with Gasteiger partial charge in [-0.3, -0.25) is 0 Å². The molecule has 0 aliphatic carbocycles. The van der Waals surface area contributed by atoms with E-state index in [0.29, 0.717) is 10.5 Å². The van der Waals surface area contributed by atoms with Crippen LogP contribution in [-0.4, -0.2) is 14.2 Å². The van der Waals surface area contributed by atoms with E-state index in [0.717, 1.165) is 16.7 Å². The normalized spacial score (nSPS) is 15.5. The first kappa shape index (κ1) is 21.7. The SMILES string of the molecule is C\C=C(C#N)/C=C(C)/C(C)=C/C=C(\C)C(C)CS(=O)(=O)c1ccccc1. The van der Waals surface area contributed by atoms with Gasteiger partial charge in [-0.15, -0.1) is 0 Å². The summed E-state index contributed by atoms with van der Waals surface area (Å²) in [6, 6.07) is 10.7. The van der Waals surface area contributed by atoms with E-state index >= 15 is 0 Å². The highest BCUT2D eigenvalue weighted by Gasteiger charge is 2.18. The van der Waals surface area contributed by atoms with Crippen molar-refractivity contribution in [3.05, 3.63) is 76.9 Å². The van der Waals surface area contributed by atoms with Crippen LogP contribution in [-0.2, 0) is 9.84 Å². The lowest BCUT2D eigenvalue weighted by Gasteiger charge is -2.13. The van der Waals surface area contributed by atoms with Crippen LogP contribution in [0, 0.1) is 17.2 Å². The molecule has 1 unspecified atom stereocenters. The Labute approximate surface area is 158 Å². The standard InChI is InChI=1S/C22H27NO2S/c1-6-21(15-23)14-19(4)17(2)12-13-18(3)20(5)16-26(24,25)22-10-8-7-9-11-22/h6-14,20H,16H2,1-5H3/b17-12+,18-13+,19-14+,21-6+. The molecule has 1 rings (SSSR count). The lowest BCUT2D eigenvalue weighted by Crippen LogP contribution is -2.15. The van der Waals surface area contributed by atoms with Crippen molar-refractivity contribution in [2.24, 2.45) is 5.92 Å². The van der Waals surface area contributed by atoms with Gasteiger partial charge in [0.05, 0.1) is 16.7 Å². The summed E-state index contributed by atoms with van der Waals surface area (Å²) in [6.07, 6.45) is 7.55.